The summed E-state index contributed by atoms with van der Waals surface area (Å²) in [5, 5.41) is 0. The van der Waals surface area contributed by atoms with E-state index in [2.05, 4.69) is 11.7 Å². The van der Waals surface area contributed by atoms with Crippen LogP contribution in [0.2, 0.25) is 0 Å². The molecule has 0 amide bonds. The molecule has 0 aliphatic rings. The number of hydrogen-bond acceptors (Lipinski definition) is 6. The number of nitrogens with two attached hydrogens (primary N) is 2. The molecule has 0 aromatic heterocycles. The molecule has 0 saturated heterocycles. The van der Waals surface area contributed by atoms with Crippen molar-refractivity contribution >= 4 is 10.4 Å². The van der Waals surface area contributed by atoms with Gasteiger partial charge in [0.2, 0.25) is 0 Å². The van der Waals surface area contributed by atoms with Gasteiger partial charge in [-0.05, 0) is 0 Å². The molecule has 0 aromatic rings. The predicted octanol–water partition coefficient (Wildman–Crippen LogP) is -2.52. The van der Waals surface area contributed by atoms with Gasteiger partial charge in [-0.15, -0.1) is 0 Å². The quantitative estimate of drug-likeness (QED) is 0.143. The van der Waals surface area contributed by atoms with Crippen LogP contribution in [0.5, 0.6) is 0 Å². The molecule has 46 valence electrons. The summed E-state index contributed by atoms with van der Waals surface area (Å²) < 4.78 is 34.1. The average molecular weight is 193 g/mol. The van der Waals surface area contributed by atoms with Crippen LogP contribution >= 0.6 is 0 Å². The van der Waals surface area contributed by atoms with Gasteiger partial charge in [0.1, 0.15) is 0 Å². The first-order valence-electron chi connectivity index (χ1n) is 1.00. The van der Waals surface area contributed by atoms with Crippen LogP contribution in [-0.2, 0) is 29.9 Å². The van der Waals surface area contributed by atoms with Gasteiger partial charge in [-0.1, -0.05) is 0 Å². The maximum Gasteiger partial charge on any atom is 2.00 e. The topological polar surface area (TPSA) is 132 Å². The molecule has 0 aliphatic heterocycles. The normalized spacial score (nSPS) is 8.00. The van der Waals surface area contributed by atoms with Crippen LogP contribution in [0.4, 0.5) is 0 Å². The van der Waals surface area contributed by atoms with Crippen LogP contribution in [0.3, 0.4) is 0 Å². The van der Waals surface area contributed by atoms with E-state index in [-0.39, 0.29) is 19.5 Å². The van der Waals surface area contributed by atoms with Crippen molar-refractivity contribution in [1.29, 1.82) is 0 Å². The smallest absolute Gasteiger partial charge is 0.759 e. The number of hydrazine groups is 1. The molecule has 0 bridgehead atoms. The van der Waals surface area contributed by atoms with Gasteiger partial charge in [-0.25, -0.2) is 0 Å². The number of rotatable bonds is 0. The van der Waals surface area contributed by atoms with Crippen molar-refractivity contribution in [2.45, 2.75) is 0 Å². The minimum atomic E-state index is -5.17. The Kier molecular flexibility index (Phi) is 14.6. The van der Waals surface area contributed by atoms with Gasteiger partial charge in [0.15, 0.2) is 0 Å². The van der Waals surface area contributed by atoms with Crippen molar-refractivity contribution in [3.63, 3.8) is 0 Å². The van der Waals surface area contributed by atoms with Gasteiger partial charge >= 0.3 is 19.5 Å². The van der Waals surface area contributed by atoms with Gasteiger partial charge in [0, 0.05) is 10.4 Å². The van der Waals surface area contributed by atoms with E-state index in [1.165, 1.54) is 0 Å². The minimum Gasteiger partial charge on any atom is -0.759 e. The van der Waals surface area contributed by atoms with Crippen LogP contribution in [0.25, 0.3) is 0 Å². The molecule has 0 spiro atoms. The molecule has 0 atom stereocenters. The third kappa shape index (κ3) is 1100. The second-order valence-electron chi connectivity index (χ2n) is 0.408. The molecular weight excluding hydrogens is 189 g/mol. The average Bonchev–Trinajstić information content (AvgIpc) is 1.36. The molecule has 0 aliphatic carbocycles. The first-order chi connectivity index (χ1) is 3.00. The van der Waals surface area contributed by atoms with E-state index in [1.807, 2.05) is 0 Å². The van der Waals surface area contributed by atoms with E-state index < -0.39 is 10.4 Å². The minimum absolute atomic E-state index is 0. The molecule has 0 aromatic carbocycles. The largest absolute Gasteiger partial charge is 2.00 e. The summed E-state index contributed by atoms with van der Waals surface area (Å²) in [5.74, 6) is 8.00. The van der Waals surface area contributed by atoms with E-state index in [1.54, 1.807) is 0 Å². The first kappa shape index (κ1) is 15.8. The van der Waals surface area contributed by atoms with E-state index >= 15 is 0 Å². The van der Waals surface area contributed by atoms with Crippen molar-refractivity contribution in [2.24, 2.45) is 11.7 Å². The Morgan fingerprint density at radius 3 is 1.12 bits per heavy atom. The monoisotopic (exact) mass is 192 g/mol. The third-order valence-electron chi connectivity index (χ3n) is 0. The zero-order chi connectivity index (χ0) is 6.50. The summed E-state index contributed by atoms with van der Waals surface area (Å²) in [6, 6.07) is 0. The van der Waals surface area contributed by atoms with Gasteiger partial charge in [-0.3, -0.25) is 20.1 Å². The van der Waals surface area contributed by atoms with Gasteiger partial charge in [0.05, 0.1) is 0 Å². The molecule has 0 unspecified atom stereocenters. The fourth-order valence-electron chi connectivity index (χ4n) is 0. The molecule has 0 saturated carbocycles. The van der Waals surface area contributed by atoms with Crippen LogP contribution in [-0.4, -0.2) is 17.5 Å². The van der Waals surface area contributed by atoms with Crippen LogP contribution in [0.1, 0.15) is 0 Å². The Labute approximate surface area is 59.5 Å². The Morgan fingerprint density at radius 2 is 1.12 bits per heavy atom. The summed E-state index contributed by atoms with van der Waals surface area (Å²) in [6.45, 7) is 0. The molecule has 8 heteroatoms. The molecule has 8 heavy (non-hydrogen) atoms. The van der Waals surface area contributed by atoms with Crippen LogP contribution < -0.4 is 11.7 Å². The fraction of sp³-hybridized carbons (Fsp3) is 0. The Morgan fingerprint density at radius 1 is 1.12 bits per heavy atom. The molecule has 0 rings (SSSR count). The second-order valence-corrected chi connectivity index (χ2v) is 1.22. The number of hydrogen-bond donors (Lipinski definition) is 2. The van der Waals surface area contributed by atoms with E-state index in [9.17, 15) is 0 Å². The summed E-state index contributed by atoms with van der Waals surface area (Å²) in [6.07, 6.45) is 0. The maximum atomic E-state index is 8.52. The van der Waals surface area contributed by atoms with Crippen molar-refractivity contribution in [3.05, 3.63) is 0 Å². The van der Waals surface area contributed by atoms with E-state index in [0.717, 1.165) is 0 Å². The van der Waals surface area contributed by atoms with Gasteiger partial charge in [0.25, 0.3) is 0 Å². The zero-order valence-corrected chi connectivity index (χ0v) is 7.69. The van der Waals surface area contributed by atoms with Crippen LogP contribution in [0, 0.1) is 0 Å². The molecular formula is H4N2O4SZn. The van der Waals surface area contributed by atoms with Crippen molar-refractivity contribution < 1.29 is 37.0 Å². The van der Waals surface area contributed by atoms with Gasteiger partial charge in [-0.2, -0.15) is 0 Å². The molecule has 0 radical (unpaired) electrons. The van der Waals surface area contributed by atoms with Crippen molar-refractivity contribution in [3.8, 4) is 0 Å². The summed E-state index contributed by atoms with van der Waals surface area (Å²) >= 11 is 0. The second kappa shape index (κ2) is 7.41. The Hall–Kier alpha value is 0.413. The Bertz CT molecular complexity index is 97.2. The van der Waals surface area contributed by atoms with Crippen LogP contribution in [0.15, 0.2) is 0 Å². The third-order valence-corrected chi connectivity index (χ3v) is 0. The summed E-state index contributed by atoms with van der Waals surface area (Å²) in [5.41, 5.74) is 0. The van der Waals surface area contributed by atoms with Crippen molar-refractivity contribution in [2.75, 3.05) is 0 Å². The molecule has 0 fully saturated rings. The fourth-order valence-corrected chi connectivity index (χ4v) is 0. The summed E-state index contributed by atoms with van der Waals surface area (Å²) in [7, 11) is -5.17. The molecule has 6 nitrogen and oxygen atoms in total. The van der Waals surface area contributed by atoms with E-state index in [0.29, 0.717) is 0 Å². The maximum absolute atomic E-state index is 8.52. The predicted molar refractivity (Wildman–Crippen MR) is 18.8 cm³/mol. The van der Waals surface area contributed by atoms with E-state index in [4.69, 9.17) is 17.5 Å². The Balaban J connectivity index is -0.0000000750. The SMILES string of the molecule is NN.O=S(=O)([O-])[O-].[Zn+2]. The summed E-state index contributed by atoms with van der Waals surface area (Å²) in [4.78, 5) is 0. The van der Waals surface area contributed by atoms with Gasteiger partial charge < -0.3 is 9.11 Å². The standard InChI is InChI=1S/H4N2.H2O4S.Zn/c1-2;1-5(2,3)4;/h1-2H2;(H2,1,2,3,4);/q;;+2/p-2. The molecule has 4 N–H and O–H groups in total. The first-order valence-corrected chi connectivity index (χ1v) is 2.33. The van der Waals surface area contributed by atoms with Crippen molar-refractivity contribution in [1.82, 2.24) is 0 Å². The molecule has 0 heterocycles. The zero-order valence-electron chi connectivity index (χ0n) is 3.90.